The highest BCUT2D eigenvalue weighted by Crippen LogP contribution is 2.55. The summed E-state index contributed by atoms with van der Waals surface area (Å²) in [6.07, 6.45) is -8.07. The summed E-state index contributed by atoms with van der Waals surface area (Å²) in [6.45, 7) is 7.06. The molecule has 14 nitrogen and oxygen atoms in total. The fraction of sp³-hybridized carbons (Fsp3) is 0.556. The number of esters is 3. The van der Waals surface area contributed by atoms with E-state index in [1.165, 1.54) is 6.92 Å². The molecule has 2 heterocycles. The molecule has 1 aromatic rings. The summed E-state index contributed by atoms with van der Waals surface area (Å²) < 4.78 is 26.0. The van der Waals surface area contributed by atoms with Crippen LogP contribution in [0.25, 0.3) is 0 Å². The highest BCUT2D eigenvalue weighted by molar-refractivity contribution is 5.99. The Morgan fingerprint density at radius 3 is 2.20 bits per heavy atom. The first-order chi connectivity index (χ1) is 19.2. The molecule has 0 aromatic heterocycles. The van der Waals surface area contributed by atoms with Crippen molar-refractivity contribution in [1.82, 2.24) is 0 Å². The molecule has 0 spiro atoms. The maximum Gasteiger partial charge on any atom is 0.374 e. The largest absolute Gasteiger partial charge is 0.467 e. The molecule has 0 amide bonds. The second-order valence-corrected chi connectivity index (χ2v) is 10.1. The maximum absolute atomic E-state index is 13.0. The summed E-state index contributed by atoms with van der Waals surface area (Å²) in [5, 5.41) is 42.7. The number of carbonyl (C=O) groups is 4. The highest BCUT2D eigenvalue weighted by atomic mass is 17.1. The van der Waals surface area contributed by atoms with E-state index in [2.05, 4.69) is 20.9 Å². The van der Waals surface area contributed by atoms with Gasteiger partial charge in [-0.1, -0.05) is 43.8 Å². The van der Waals surface area contributed by atoms with Gasteiger partial charge in [-0.2, -0.15) is 5.26 Å². The quantitative estimate of drug-likeness (QED) is 0.0878. The van der Waals surface area contributed by atoms with E-state index in [1.807, 2.05) is 37.3 Å². The number of hydrogen-bond acceptors (Lipinski definition) is 14. The molecule has 0 radical (unpaired) electrons. The first kappa shape index (κ1) is 32.1. The molecule has 4 N–H and O–H groups in total. The van der Waals surface area contributed by atoms with E-state index >= 15 is 0 Å². The van der Waals surface area contributed by atoms with E-state index in [0.29, 0.717) is 12.0 Å². The second-order valence-electron chi connectivity index (χ2n) is 10.1. The third-order valence-corrected chi connectivity index (χ3v) is 7.46. The van der Waals surface area contributed by atoms with Crippen LogP contribution in [0.4, 0.5) is 0 Å². The van der Waals surface area contributed by atoms with Gasteiger partial charge in [0.05, 0.1) is 14.2 Å². The van der Waals surface area contributed by atoms with Gasteiger partial charge in [-0.05, 0) is 24.0 Å². The maximum atomic E-state index is 13.0. The van der Waals surface area contributed by atoms with Crippen LogP contribution in [0.3, 0.4) is 0 Å². The fourth-order valence-corrected chi connectivity index (χ4v) is 5.49. The molecule has 2 bridgehead atoms. The Morgan fingerprint density at radius 2 is 1.66 bits per heavy atom. The van der Waals surface area contributed by atoms with E-state index in [-0.39, 0.29) is 12.3 Å². The van der Waals surface area contributed by atoms with Gasteiger partial charge in [0.1, 0.15) is 18.3 Å². The number of ether oxygens (including phenoxy) is 5. The summed E-state index contributed by atoms with van der Waals surface area (Å²) in [5.74, 6) is -8.36. The summed E-state index contributed by atoms with van der Waals surface area (Å²) in [5.41, 5.74) is -5.37. The summed E-state index contributed by atoms with van der Waals surface area (Å²) in [6, 6.07) is 9.38. The van der Waals surface area contributed by atoms with Gasteiger partial charge < -0.3 is 39.0 Å². The summed E-state index contributed by atoms with van der Waals surface area (Å²) >= 11 is 0. The number of methoxy groups -OCH3 is 2. The van der Waals surface area contributed by atoms with E-state index in [9.17, 15) is 34.5 Å². The Labute approximate surface area is 235 Å². The van der Waals surface area contributed by atoms with Gasteiger partial charge in [0.15, 0.2) is 5.79 Å². The van der Waals surface area contributed by atoms with Crippen molar-refractivity contribution < 1.29 is 68.3 Å². The number of aliphatic hydroxyl groups excluding tert-OH is 2. The van der Waals surface area contributed by atoms with Crippen LogP contribution in [0.5, 0.6) is 0 Å². The predicted molar refractivity (Wildman–Crippen MR) is 134 cm³/mol. The number of fused-ring (bicyclic) bond motifs is 2. The van der Waals surface area contributed by atoms with Crippen LogP contribution in [0.2, 0.25) is 0 Å². The molecule has 2 aliphatic heterocycles. The minimum Gasteiger partial charge on any atom is -0.467 e. The SMILES string of the molecule is C=C(CCC12OC(C(=O)OO)C(O)(C(=O)OC)C(C(=O)OC)(O1)C(O)C2O)C(OC(C)=O)C(C)Cc1ccccc1. The van der Waals surface area contributed by atoms with Gasteiger partial charge in [0.25, 0.3) is 0 Å². The van der Waals surface area contributed by atoms with Crippen LogP contribution in [0.1, 0.15) is 32.3 Å². The minimum atomic E-state index is -3.49. The van der Waals surface area contributed by atoms with E-state index in [4.69, 9.17) is 19.5 Å². The predicted octanol–water partition coefficient (Wildman–Crippen LogP) is -0.187. The van der Waals surface area contributed by atoms with E-state index < -0.39 is 71.7 Å². The second kappa shape index (κ2) is 12.2. The molecule has 8 unspecified atom stereocenters. The van der Waals surface area contributed by atoms with E-state index in [0.717, 1.165) is 19.8 Å². The lowest BCUT2D eigenvalue weighted by Gasteiger charge is -2.49. The first-order valence-corrected chi connectivity index (χ1v) is 12.6. The van der Waals surface area contributed by atoms with Gasteiger partial charge in [-0.15, -0.1) is 0 Å². The van der Waals surface area contributed by atoms with Crippen LogP contribution in [-0.4, -0.2) is 100 Å². The van der Waals surface area contributed by atoms with Crippen molar-refractivity contribution >= 4 is 23.9 Å². The molecule has 3 rings (SSSR count). The third kappa shape index (κ3) is 5.34. The molecule has 1 aromatic carbocycles. The Morgan fingerprint density at radius 1 is 1.05 bits per heavy atom. The fourth-order valence-electron chi connectivity index (χ4n) is 5.49. The standard InChI is InChI=1S/C27H34O14/c1-14(18(38-16(3)28)15(2)13-17-9-7-6-8-10-17)11-12-25-19(29)20(30)27(41-25,24(33)37-5)26(34,23(32)36-4)21(39-25)22(31)40-35/h6-10,15,18-21,29-30,34-35H,1,11-13H2,2-5H3. The summed E-state index contributed by atoms with van der Waals surface area (Å²) in [7, 11) is 1.63. The van der Waals surface area contributed by atoms with Gasteiger partial charge in [0, 0.05) is 19.3 Å². The zero-order valence-corrected chi connectivity index (χ0v) is 23.0. The molecule has 14 heteroatoms. The molecular weight excluding hydrogens is 548 g/mol. The lowest BCUT2D eigenvalue weighted by atomic mass is 9.74. The lowest BCUT2D eigenvalue weighted by molar-refractivity contribution is -0.380. The molecule has 2 fully saturated rings. The third-order valence-electron chi connectivity index (χ3n) is 7.46. The number of rotatable bonds is 11. The molecular formula is C27H34O14. The van der Waals surface area contributed by atoms with Crippen LogP contribution in [0.15, 0.2) is 42.5 Å². The van der Waals surface area contributed by atoms with Gasteiger partial charge in [-0.3, -0.25) is 9.68 Å². The molecule has 0 saturated carbocycles. The van der Waals surface area contributed by atoms with Crippen molar-refractivity contribution in [3.8, 4) is 0 Å². The number of benzene rings is 1. The van der Waals surface area contributed by atoms with Crippen molar-refractivity contribution in [2.75, 3.05) is 14.2 Å². The van der Waals surface area contributed by atoms with Gasteiger partial charge >= 0.3 is 23.9 Å². The lowest BCUT2D eigenvalue weighted by Crippen LogP contribution is -2.78. The van der Waals surface area contributed by atoms with Crippen molar-refractivity contribution in [2.24, 2.45) is 5.92 Å². The van der Waals surface area contributed by atoms with Crippen molar-refractivity contribution in [3.63, 3.8) is 0 Å². The zero-order valence-electron chi connectivity index (χ0n) is 23.0. The number of aliphatic hydroxyl groups is 3. The summed E-state index contributed by atoms with van der Waals surface area (Å²) in [4.78, 5) is 54.0. The van der Waals surface area contributed by atoms with Gasteiger partial charge in [-0.25, -0.2) is 14.4 Å². The van der Waals surface area contributed by atoms with Crippen molar-refractivity contribution in [2.45, 2.75) is 74.5 Å². The molecule has 226 valence electrons. The zero-order chi connectivity index (χ0) is 30.8. The van der Waals surface area contributed by atoms with Crippen LogP contribution in [0, 0.1) is 5.92 Å². The van der Waals surface area contributed by atoms with Crippen molar-refractivity contribution in [3.05, 3.63) is 48.0 Å². The van der Waals surface area contributed by atoms with E-state index in [1.54, 1.807) is 0 Å². The highest BCUT2D eigenvalue weighted by Gasteiger charge is 2.85. The molecule has 41 heavy (non-hydrogen) atoms. The number of carbonyl (C=O) groups excluding carboxylic acids is 4. The Kier molecular flexibility index (Phi) is 9.58. The smallest absolute Gasteiger partial charge is 0.374 e. The Bertz CT molecular complexity index is 1170. The Balaban J connectivity index is 1.99. The average molecular weight is 583 g/mol. The van der Waals surface area contributed by atoms with Crippen molar-refractivity contribution in [1.29, 1.82) is 0 Å². The molecule has 0 aliphatic carbocycles. The monoisotopic (exact) mass is 582 g/mol. The van der Waals surface area contributed by atoms with Crippen LogP contribution < -0.4 is 0 Å². The average Bonchev–Trinajstić information content (AvgIpc) is 3.16. The Hall–Kier alpha value is -3.40. The first-order valence-electron chi connectivity index (χ1n) is 12.6. The van der Waals surface area contributed by atoms with Gasteiger partial charge in [0.2, 0.25) is 17.3 Å². The minimum absolute atomic E-state index is 0.143. The topological polar surface area (TPSA) is 205 Å². The van der Waals surface area contributed by atoms with Crippen LogP contribution >= 0.6 is 0 Å². The normalized spacial score (nSPS) is 31.9. The molecule has 2 aliphatic rings. The number of hydrogen-bond donors (Lipinski definition) is 4. The van der Waals surface area contributed by atoms with Crippen LogP contribution in [-0.2, 0) is 54.2 Å². The molecule has 8 atom stereocenters. The molecule has 2 saturated heterocycles.